The van der Waals surface area contributed by atoms with Crippen LogP contribution in [0.25, 0.3) is 0 Å². The highest BCUT2D eigenvalue weighted by molar-refractivity contribution is 4.84. The summed E-state index contributed by atoms with van der Waals surface area (Å²) < 4.78 is 0. The third-order valence-corrected chi connectivity index (χ3v) is 3.74. The summed E-state index contributed by atoms with van der Waals surface area (Å²) >= 11 is 0. The van der Waals surface area contributed by atoms with E-state index in [9.17, 15) is 0 Å². The van der Waals surface area contributed by atoms with Crippen molar-refractivity contribution in [1.29, 1.82) is 0 Å². The zero-order valence-electron chi connectivity index (χ0n) is 8.54. The molecule has 2 unspecified atom stereocenters. The Hall–Kier alpha value is -0.0800. The van der Waals surface area contributed by atoms with Crippen LogP contribution in [0.4, 0.5) is 0 Å². The molecule has 0 bridgehead atoms. The van der Waals surface area contributed by atoms with Gasteiger partial charge in [-0.3, -0.25) is 0 Å². The molecule has 1 aliphatic carbocycles. The molecule has 1 saturated heterocycles. The lowest BCUT2D eigenvalue weighted by Gasteiger charge is -2.42. The van der Waals surface area contributed by atoms with E-state index in [2.05, 4.69) is 4.90 Å². The van der Waals surface area contributed by atoms with Crippen molar-refractivity contribution in [1.82, 2.24) is 4.90 Å². The fourth-order valence-electron chi connectivity index (χ4n) is 2.80. The first-order valence-corrected chi connectivity index (χ1v) is 5.84. The molecule has 0 aromatic heterocycles. The van der Waals surface area contributed by atoms with Crippen LogP contribution in [-0.2, 0) is 0 Å². The summed E-state index contributed by atoms with van der Waals surface area (Å²) in [5.74, 6) is 0.935. The predicted octanol–water partition coefficient (Wildman–Crippen LogP) is 1.60. The van der Waals surface area contributed by atoms with Crippen molar-refractivity contribution in [2.45, 2.75) is 44.6 Å². The van der Waals surface area contributed by atoms with Gasteiger partial charge < -0.3 is 10.6 Å². The molecule has 2 fully saturated rings. The molecule has 2 aliphatic rings. The standard InChI is InChI=1S/C11H22N2/c12-6-5-10-3-1-4-11(9-10)13-7-2-8-13/h10-11H,1-9,12H2. The zero-order chi connectivity index (χ0) is 9.10. The molecule has 0 spiro atoms. The number of rotatable bonds is 3. The molecular weight excluding hydrogens is 160 g/mol. The van der Waals surface area contributed by atoms with E-state index in [-0.39, 0.29) is 0 Å². The monoisotopic (exact) mass is 182 g/mol. The molecule has 0 aromatic rings. The van der Waals surface area contributed by atoms with Gasteiger partial charge in [-0.05, 0) is 51.2 Å². The van der Waals surface area contributed by atoms with E-state index in [0.717, 1.165) is 18.5 Å². The van der Waals surface area contributed by atoms with Gasteiger partial charge in [0.15, 0.2) is 0 Å². The van der Waals surface area contributed by atoms with Gasteiger partial charge in [0.1, 0.15) is 0 Å². The van der Waals surface area contributed by atoms with E-state index in [1.54, 1.807) is 0 Å². The molecule has 0 amide bonds. The van der Waals surface area contributed by atoms with Gasteiger partial charge in [-0.1, -0.05) is 12.8 Å². The summed E-state index contributed by atoms with van der Waals surface area (Å²) in [7, 11) is 0. The highest BCUT2D eigenvalue weighted by Gasteiger charge is 2.28. The second kappa shape index (κ2) is 4.43. The maximum Gasteiger partial charge on any atom is 0.00979 e. The Kier molecular flexibility index (Phi) is 3.23. The predicted molar refractivity (Wildman–Crippen MR) is 55.6 cm³/mol. The van der Waals surface area contributed by atoms with Crippen molar-refractivity contribution in [2.24, 2.45) is 11.7 Å². The van der Waals surface area contributed by atoms with Crippen molar-refractivity contribution >= 4 is 0 Å². The highest BCUT2D eigenvalue weighted by atomic mass is 15.2. The average Bonchev–Trinajstić information content (AvgIpc) is 2.02. The first-order chi connectivity index (χ1) is 6.40. The van der Waals surface area contributed by atoms with E-state index in [4.69, 9.17) is 5.73 Å². The van der Waals surface area contributed by atoms with Gasteiger partial charge in [0.05, 0.1) is 0 Å². The third-order valence-electron chi connectivity index (χ3n) is 3.74. The summed E-state index contributed by atoms with van der Waals surface area (Å²) in [6, 6.07) is 0.916. The largest absolute Gasteiger partial charge is 0.330 e. The van der Waals surface area contributed by atoms with Crippen LogP contribution >= 0.6 is 0 Å². The molecule has 1 heterocycles. The normalized spacial score (nSPS) is 35.8. The number of nitrogens with two attached hydrogens (primary N) is 1. The Morgan fingerprint density at radius 3 is 2.62 bits per heavy atom. The molecule has 13 heavy (non-hydrogen) atoms. The Bertz CT molecular complexity index is 152. The summed E-state index contributed by atoms with van der Waals surface area (Å²) in [5.41, 5.74) is 5.61. The molecule has 0 aromatic carbocycles. The topological polar surface area (TPSA) is 29.3 Å². The van der Waals surface area contributed by atoms with Crippen LogP contribution in [0.3, 0.4) is 0 Å². The Balaban J connectivity index is 1.77. The van der Waals surface area contributed by atoms with Gasteiger partial charge in [0, 0.05) is 6.04 Å². The molecule has 2 nitrogen and oxygen atoms in total. The van der Waals surface area contributed by atoms with Crippen molar-refractivity contribution in [3.8, 4) is 0 Å². The van der Waals surface area contributed by atoms with Crippen LogP contribution in [-0.4, -0.2) is 30.6 Å². The van der Waals surface area contributed by atoms with Gasteiger partial charge in [-0.15, -0.1) is 0 Å². The molecule has 1 saturated carbocycles. The second-order valence-corrected chi connectivity index (χ2v) is 4.65. The summed E-state index contributed by atoms with van der Waals surface area (Å²) in [4.78, 5) is 2.67. The Labute approximate surface area is 81.5 Å². The fourth-order valence-corrected chi connectivity index (χ4v) is 2.80. The first kappa shape index (κ1) is 9.47. The fraction of sp³-hybridized carbons (Fsp3) is 1.00. The van der Waals surface area contributed by atoms with Crippen LogP contribution in [0.5, 0.6) is 0 Å². The van der Waals surface area contributed by atoms with Crippen LogP contribution in [0, 0.1) is 5.92 Å². The minimum absolute atomic E-state index is 0.886. The highest BCUT2D eigenvalue weighted by Crippen LogP contribution is 2.31. The minimum atomic E-state index is 0.886. The van der Waals surface area contributed by atoms with Crippen molar-refractivity contribution < 1.29 is 0 Å². The van der Waals surface area contributed by atoms with E-state index in [1.807, 2.05) is 0 Å². The van der Waals surface area contributed by atoms with Crippen LogP contribution < -0.4 is 5.73 Å². The summed E-state index contributed by atoms with van der Waals surface area (Å²) in [6.45, 7) is 3.61. The average molecular weight is 182 g/mol. The molecule has 0 radical (unpaired) electrons. The van der Waals surface area contributed by atoms with Crippen molar-refractivity contribution in [3.63, 3.8) is 0 Å². The molecule has 2 rings (SSSR count). The Morgan fingerprint density at radius 2 is 2.00 bits per heavy atom. The minimum Gasteiger partial charge on any atom is -0.330 e. The summed E-state index contributed by atoms with van der Waals surface area (Å²) in [6.07, 6.45) is 8.42. The van der Waals surface area contributed by atoms with Gasteiger partial charge in [0.2, 0.25) is 0 Å². The molecule has 2 heteroatoms. The second-order valence-electron chi connectivity index (χ2n) is 4.65. The van der Waals surface area contributed by atoms with Crippen molar-refractivity contribution in [2.75, 3.05) is 19.6 Å². The molecule has 2 atom stereocenters. The zero-order valence-corrected chi connectivity index (χ0v) is 8.54. The SMILES string of the molecule is NCCC1CCCC(N2CCC2)C1. The first-order valence-electron chi connectivity index (χ1n) is 5.84. The molecular formula is C11H22N2. The third kappa shape index (κ3) is 2.23. The van der Waals surface area contributed by atoms with Gasteiger partial charge >= 0.3 is 0 Å². The van der Waals surface area contributed by atoms with Crippen LogP contribution in [0.15, 0.2) is 0 Å². The van der Waals surface area contributed by atoms with E-state index in [1.165, 1.54) is 51.6 Å². The van der Waals surface area contributed by atoms with E-state index in [0.29, 0.717) is 0 Å². The maximum absolute atomic E-state index is 5.61. The molecule has 1 aliphatic heterocycles. The number of nitrogens with zero attached hydrogens (tertiary/aromatic N) is 1. The lowest BCUT2D eigenvalue weighted by Crippen LogP contribution is -2.47. The molecule has 76 valence electrons. The number of hydrogen-bond donors (Lipinski definition) is 1. The van der Waals surface area contributed by atoms with E-state index < -0.39 is 0 Å². The summed E-state index contributed by atoms with van der Waals surface area (Å²) in [5, 5.41) is 0. The van der Waals surface area contributed by atoms with Crippen molar-refractivity contribution in [3.05, 3.63) is 0 Å². The van der Waals surface area contributed by atoms with E-state index >= 15 is 0 Å². The number of likely N-dealkylation sites (tertiary alicyclic amines) is 1. The number of hydrogen-bond acceptors (Lipinski definition) is 2. The smallest absolute Gasteiger partial charge is 0.00979 e. The van der Waals surface area contributed by atoms with Gasteiger partial charge in [0.25, 0.3) is 0 Å². The lowest BCUT2D eigenvalue weighted by molar-refractivity contribution is 0.0727. The van der Waals surface area contributed by atoms with Crippen LogP contribution in [0.1, 0.15) is 38.5 Å². The maximum atomic E-state index is 5.61. The van der Waals surface area contributed by atoms with Gasteiger partial charge in [-0.25, -0.2) is 0 Å². The van der Waals surface area contributed by atoms with Crippen LogP contribution in [0.2, 0.25) is 0 Å². The Morgan fingerprint density at radius 1 is 1.15 bits per heavy atom. The van der Waals surface area contributed by atoms with Gasteiger partial charge in [-0.2, -0.15) is 0 Å². The lowest BCUT2D eigenvalue weighted by atomic mass is 9.82. The quantitative estimate of drug-likeness (QED) is 0.718. The molecule has 2 N–H and O–H groups in total.